The molecular weight excluding hydrogens is 847 g/mol. The Labute approximate surface area is 329 Å². The molecule has 0 amide bonds. The maximum atomic E-state index is 5.60. The monoisotopic (exact) mass is 889 g/mol. The van der Waals surface area contributed by atoms with Gasteiger partial charge in [0.05, 0.1) is 0 Å². The second-order valence-electron chi connectivity index (χ2n) is 14.8. The number of benzene rings is 6. The van der Waals surface area contributed by atoms with Gasteiger partial charge in [0.15, 0.2) is 0 Å². The Kier molecular flexibility index (Phi) is 8.97. The van der Waals surface area contributed by atoms with Gasteiger partial charge in [0.25, 0.3) is 0 Å². The Hall–Kier alpha value is -5.80. The summed E-state index contributed by atoms with van der Waals surface area (Å²) in [5.41, 5.74) is 16.8. The van der Waals surface area contributed by atoms with Gasteiger partial charge in [-0.25, -0.2) is 0 Å². The molecule has 0 bridgehead atoms. The molecular formula is C51H42IrN3-2. The fourth-order valence-electron chi connectivity index (χ4n) is 7.36. The second kappa shape index (κ2) is 14.1. The van der Waals surface area contributed by atoms with Gasteiger partial charge < -0.3 is 0 Å². The number of pyridine rings is 3. The number of hydrogen-bond acceptors (Lipinski definition) is 3. The predicted molar refractivity (Wildman–Crippen MR) is 229 cm³/mol. The van der Waals surface area contributed by atoms with Crippen LogP contribution in [0.1, 0.15) is 33.4 Å². The third-order valence-corrected chi connectivity index (χ3v) is 16.8. The van der Waals surface area contributed by atoms with E-state index in [0.717, 1.165) is 66.5 Å². The van der Waals surface area contributed by atoms with E-state index in [9.17, 15) is 0 Å². The van der Waals surface area contributed by atoms with Crippen molar-refractivity contribution in [3.63, 3.8) is 0 Å². The van der Waals surface area contributed by atoms with E-state index >= 15 is 0 Å². The van der Waals surface area contributed by atoms with Crippen molar-refractivity contribution >= 4 is 44.9 Å². The first-order valence-corrected chi connectivity index (χ1v) is 22.3. The number of aryl methyl sites for hydroxylation is 6. The minimum atomic E-state index is -2.98. The van der Waals surface area contributed by atoms with Gasteiger partial charge in [-0.05, 0) is 0 Å². The third kappa shape index (κ3) is 6.78. The summed E-state index contributed by atoms with van der Waals surface area (Å²) in [6.07, 6.45) is 0. The number of nitrogens with zero attached hydrogens (tertiary/aromatic N) is 3. The maximum absolute atomic E-state index is 5.60. The molecule has 0 atom stereocenters. The first kappa shape index (κ1) is 34.9. The van der Waals surface area contributed by atoms with Gasteiger partial charge in [-0.3, -0.25) is 0 Å². The summed E-state index contributed by atoms with van der Waals surface area (Å²) in [7, 11) is 0. The zero-order valence-electron chi connectivity index (χ0n) is 32.0. The molecule has 4 heteroatoms. The molecule has 6 aromatic carbocycles. The fraction of sp³-hybridized carbons (Fsp3) is 0.118. The van der Waals surface area contributed by atoms with Crippen LogP contribution in [0.2, 0.25) is 0 Å². The van der Waals surface area contributed by atoms with Crippen molar-refractivity contribution in [2.45, 2.75) is 41.5 Å². The number of hydrogen-bond donors (Lipinski definition) is 0. The van der Waals surface area contributed by atoms with Gasteiger partial charge in [0, 0.05) is 0 Å². The molecule has 0 saturated carbocycles. The number of rotatable bonds is 6. The molecule has 9 rings (SSSR count). The fourth-order valence-corrected chi connectivity index (χ4v) is 14.7. The van der Waals surface area contributed by atoms with Gasteiger partial charge in [0.2, 0.25) is 0 Å². The van der Waals surface area contributed by atoms with Gasteiger partial charge in [0.1, 0.15) is 0 Å². The van der Waals surface area contributed by atoms with Gasteiger partial charge in [-0.2, -0.15) is 0 Å². The summed E-state index contributed by atoms with van der Waals surface area (Å²) in [6.45, 7) is 12.9. The first-order chi connectivity index (χ1) is 26.7. The zero-order chi connectivity index (χ0) is 37.8. The molecule has 0 radical (unpaired) electrons. The molecule has 0 N–H and O–H groups in total. The predicted octanol–water partition coefficient (Wildman–Crippen LogP) is 11.1. The Balaban J connectivity index is 1.48. The number of fused-ring (bicyclic) bond motifs is 3. The Morgan fingerprint density at radius 2 is 0.600 bits per heavy atom. The van der Waals surface area contributed by atoms with Crippen LogP contribution >= 0.6 is 0 Å². The van der Waals surface area contributed by atoms with Crippen LogP contribution in [-0.2, 0) is 16.5 Å². The third-order valence-electron chi connectivity index (χ3n) is 10.1. The SMILES string of the molecule is Cc1cccc(-c2nc3cc(C)ccc3c[c]2[Ir-2]([c]2cc3ccc(C)cc3nc2-c2cccc(C)c2)[c]2cc3ccc(C)cc3nc2-c2cccc(C)c2)c1. The first-order valence-electron chi connectivity index (χ1n) is 18.8. The Bertz CT molecular complexity index is 2640. The average Bonchev–Trinajstić information content (AvgIpc) is 3.17. The molecule has 3 heterocycles. The molecule has 3 nitrogen and oxygen atoms in total. The van der Waals surface area contributed by atoms with E-state index in [0.29, 0.717) is 0 Å². The summed E-state index contributed by atoms with van der Waals surface area (Å²) in [4.78, 5) is 16.8. The number of aromatic nitrogens is 3. The van der Waals surface area contributed by atoms with Gasteiger partial charge in [-0.15, -0.1) is 0 Å². The molecule has 0 spiro atoms. The quantitative estimate of drug-likeness (QED) is 0.167. The molecule has 0 aliphatic carbocycles. The molecule has 55 heavy (non-hydrogen) atoms. The van der Waals surface area contributed by atoms with Crippen LogP contribution < -0.4 is 12.2 Å². The van der Waals surface area contributed by atoms with Crippen LogP contribution in [-0.4, -0.2) is 15.0 Å². The van der Waals surface area contributed by atoms with E-state index in [4.69, 9.17) is 15.0 Å². The topological polar surface area (TPSA) is 38.7 Å². The summed E-state index contributed by atoms with van der Waals surface area (Å²) in [5.74, 6) is 0. The van der Waals surface area contributed by atoms with E-state index in [1.165, 1.54) is 45.6 Å². The Morgan fingerprint density at radius 1 is 0.309 bits per heavy atom. The molecule has 0 aliphatic rings. The average molecular weight is 889 g/mol. The van der Waals surface area contributed by atoms with E-state index in [2.05, 4.69) is 187 Å². The van der Waals surface area contributed by atoms with Crippen LogP contribution in [0.15, 0.2) is 146 Å². The van der Waals surface area contributed by atoms with E-state index in [-0.39, 0.29) is 0 Å². The summed E-state index contributed by atoms with van der Waals surface area (Å²) >= 11 is -2.98. The Morgan fingerprint density at radius 3 is 0.891 bits per heavy atom. The minimum absolute atomic E-state index is 1.01. The summed E-state index contributed by atoms with van der Waals surface area (Å²) in [5, 5.41) is 3.43. The van der Waals surface area contributed by atoms with Crippen LogP contribution in [0.3, 0.4) is 0 Å². The van der Waals surface area contributed by atoms with Crippen LogP contribution in [0.4, 0.5) is 0 Å². The van der Waals surface area contributed by atoms with Crippen molar-refractivity contribution in [3.05, 3.63) is 179 Å². The van der Waals surface area contributed by atoms with Crippen LogP contribution in [0.25, 0.3) is 66.5 Å². The van der Waals surface area contributed by atoms with Crippen molar-refractivity contribution in [1.29, 1.82) is 0 Å². The van der Waals surface area contributed by atoms with Crippen molar-refractivity contribution in [2.24, 2.45) is 0 Å². The summed E-state index contributed by atoms with van der Waals surface area (Å²) < 4.78 is 3.85. The molecule has 0 unspecified atom stereocenters. The van der Waals surface area contributed by atoms with Crippen molar-refractivity contribution in [1.82, 2.24) is 15.0 Å². The molecule has 272 valence electrons. The standard InChI is InChI=1S/3C17H14N.Ir/c3*1-12-4-3-5-15(10-12)16-9-8-14-7-6-13(2)11-17(14)18-16;/h3*3-8,10-11H,1-2H3;/q;;;-2. The molecule has 0 fully saturated rings. The summed E-state index contributed by atoms with van der Waals surface area (Å²) in [6, 6.07) is 53.9. The van der Waals surface area contributed by atoms with Gasteiger partial charge >= 0.3 is 331 Å². The zero-order valence-corrected chi connectivity index (χ0v) is 34.4. The van der Waals surface area contributed by atoms with Crippen LogP contribution in [0.5, 0.6) is 0 Å². The molecule has 3 aromatic heterocycles. The van der Waals surface area contributed by atoms with Crippen molar-refractivity contribution < 1.29 is 16.5 Å². The normalized spacial score (nSPS) is 11.8. The van der Waals surface area contributed by atoms with Crippen molar-refractivity contribution in [3.8, 4) is 33.8 Å². The second-order valence-corrected chi connectivity index (χ2v) is 20.5. The molecule has 9 aromatic rings. The molecule has 0 aliphatic heterocycles. The van der Waals surface area contributed by atoms with Gasteiger partial charge in [-0.1, -0.05) is 0 Å². The molecule has 0 saturated heterocycles. The van der Waals surface area contributed by atoms with E-state index in [1.807, 2.05) is 0 Å². The van der Waals surface area contributed by atoms with Crippen molar-refractivity contribution in [2.75, 3.05) is 0 Å². The van der Waals surface area contributed by atoms with E-state index in [1.54, 1.807) is 0 Å². The van der Waals surface area contributed by atoms with Crippen LogP contribution in [0, 0.1) is 41.5 Å². The van der Waals surface area contributed by atoms with E-state index < -0.39 is 16.5 Å².